The van der Waals surface area contributed by atoms with Gasteiger partial charge in [0.15, 0.2) is 0 Å². The third-order valence-corrected chi connectivity index (χ3v) is 3.76. The molecule has 0 spiro atoms. The smallest absolute Gasteiger partial charge is 0.226 e. The van der Waals surface area contributed by atoms with E-state index in [9.17, 15) is 4.79 Å². The van der Waals surface area contributed by atoms with E-state index in [0.717, 1.165) is 24.9 Å². The molecule has 2 rings (SSSR count). The van der Waals surface area contributed by atoms with Gasteiger partial charge in [-0.3, -0.25) is 4.79 Å². The van der Waals surface area contributed by atoms with Crippen LogP contribution in [0.15, 0.2) is 24.3 Å². The van der Waals surface area contributed by atoms with Crippen LogP contribution < -0.4 is 10.6 Å². The Morgan fingerprint density at radius 1 is 1.35 bits per heavy atom. The molecule has 0 bridgehead atoms. The second-order valence-electron chi connectivity index (χ2n) is 5.13. The van der Waals surface area contributed by atoms with Gasteiger partial charge in [-0.05, 0) is 37.8 Å². The van der Waals surface area contributed by atoms with Crippen LogP contribution >= 0.6 is 0 Å². The van der Waals surface area contributed by atoms with E-state index in [4.69, 9.17) is 10.5 Å². The predicted molar refractivity (Wildman–Crippen MR) is 80.8 cm³/mol. The molecular weight excluding hydrogens is 252 g/mol. The number of carbonyl (C=O) groups excluding carboxylic acids is 1. The first-order chi connectivity index (χ1) is 9.76. The first kappa shape index (κ1) is 15.0. The minimum Gasteiger partial charge on any atom is -0.377 e. The summed E-state index contributed by atoms with van der Waals surface area (Å²) in [6, 6.07) is 8.18. The molecule has 20 heavy (non-hydrogen) atoms. The number of ether oxygens (including phenoxy) is 1. The molecule has 1 heterocycles. The molecule has 0 aliphatic carbocycles. The highest BCUT2D eigenvalue weighted by atomic mass is 16.5. The predicted octanol–water partition coefficient (Wildman–Crippen LogP) is 2.11. The molecule has 0 aromatic heterocycles. The zero-order chi connectivity index (χ0) is 14.4. The Morgan fingerprint density at radius 2 is 2.15 bits per heavy atom. The van der Waals surface area contributed by atoms with Crippen molar-refractivity contribution in [1.82, 2.24) is 0 Å². The van der Waals surface area contributed by atoms with Crippen LogP contribution in [0.1, 0.15) is 31.7 Å². The van der Waals surface area contributed by atoms with Crippen molar-refractivity contribution in [1.29, 1.82) is 0 Å². The number of amides is 1. The van der Waals surface area contributed by atoms with Crippen molar-refractivity contribution >= 4 is 11.6 Å². The summed E-state index contributed by atoms with van der Waals surface area (Å²) in [5.74, 6) is 0.210. The van der Waals surface area contributed by atoms with Crippen molar-refractivity contribution in [2.45, 2.75) is 38.7 Å². The summed E-state index contributed by atoms with van der Waals surface area (Å²) in [6.45, 7) is 3.80. The molecule has 1 aliphatic heterocycles. The molecule has 4 nitrogen and oxygen atoms in total. The van der Waals surface area contributed by atoms with Crippen LogP contribution in [0.5, 0.6) is 0 Å². The fourth-order valence-electron chi connectivity index (χ4n) is 2.71. The van der Waals surface area contributed by atoms with Gasteiger partial charge in [-0.1, -0.05) is 18.2 Å². The van der Waals surface area contributed by atoms with Crippen LogP contribution in [0.25, 0.3) is 0 Å². The van der Waals surface area contributed by atoms with Crippen molar-refractivity contribution in [2.75, 3.05) is 24.6 Å². The zero-order valence-electron chi connectivity index (χ0n) is 12.2. The highest BCUT2D eigenvalue weighted by Gasteiger charge is 2.22. The van der Waals surface area contributed by atoms with Gasteiger partial charge < -0.3 is 15.4 Å². The summed E-state index contributed by atoms with van der Waals surface area (Å²) in [4.78, 5) is 14.2. The number of anilines is 1. The van der Waals surface area contributed by atoms with Gasteiger partial charge in [0.1, 0.15) is 0 Å². The molecule has 110 valence electrons. The van der Waals surface area contributed by atoms with Gasteiger partial charge >= 0.3 is 0 Å². The molecule has 1 amide bonds. The number of hydrogen-bond donors (Lipinski definition) is 1. The van der Waals surface area contributed by atoms with Crippen LogP contribution in [0.2, 0.25) is 0 Å². The molecule has 0 fully saturated rings. The Hall–Kier alpha value is -1.39. The average Bonchev–Trinajstić information content (AvgIpc) is 2.62. The molecule has 2 N–H and O–H groups in total. The van der Waals surface area contributed by atoms with Crippen molar-refractivity contribution in [3.05, 3.63) is 29.8 Å². The number of para-hydroxylation sites is 1. The van der Waals surface area contributed by atoms with Crippen LogP contribution in [0.4, 0.5) is 5.69 Å². The van der Waals surface area contributed by atoms with Gasteiger partial charge in [-0.25, -0.2) is 0 Å². The molecule has 0 saturated carbocycles. The Balaban J connectivity index is 2.10. The van der Waals surface area contributed by atoms with Crippen LogP contribution in [0.3, 0.4) is 0 Å². The van der Waals surface area contributed by atoms with E-state index in [1.165, 1.54) is 5.56 Å². The second-order valence-corrected chi connectivity index (χ2v) is 5.13. The summed E-state index contributed by atoms with van der Waals surface area (Å²) in [5, 5.41) is 0. The lowest BCUT2D eigenvalue weighted by Crippen LogP contribution is -2.35. The maximum absolute atomic E-state index is 12.3. The first-order valence-electron chi connectivity index (χ1n) is 7.46. The number of fused-ring (bicyclic) bond motifs is 1. The second kappa shape index (κ2) is 7.41. The van der Waals surface area contributed by atoms with E-state index in [-0.39, 0.29) is 12.0 Å². The van der Waals surface area contributed by atoms with Crippen molar-refractivity contribution < 1.29 is 9.53 Å². The summed E-state index contributed by atoms with van der Waals surface area (Å²) < 4.78 is 5.57. The quantitative estimate of drug-likeness (QED) is 0.865. The third kappa shape index (κ3) is 3.58. The molecule has 1 aromatic rings. The number of nitrogens with two attached hydrogens (primary N) is 1. The Morgan fingerprint density at radius 3 is 2.90 bits per heavy atom. The van der Waals surface area contributed by atoms with Crippen molar-refractivity contribution in [3.8, 4) is 0 Å². The van der Waals surface area contributed by atoms with E-state index in [1.54, 1.807) is 0 Å². The Labute approximate surface area is 120 Å². The van der Waals surface area contributed by atoms with Gasteiger partial charge in [0.25, 0.3) is 0 Å². The lowest BCUT2D eigenvalue weighted by molar-refractivity contribution is -0.118. The monoisotopic (exact) mass is 276 g/mol. The largest absolute Gasteiger partial charge is 0.377 e. The normalized spacial score (nSPS) is 16.7. The molecule has 0 radical (unpaired) electrons. The summed E-state index contributed by atoms with van der Waals surface area (Å²) >= 11 is 0. The van der Waals surface area contributed by atoms with Crippen LogP contribution in [0, 0.1) is 0 Å². The fourth-order valence-corrected chi connectivity index (χ4v) is 2.71. The molecule has 1 aliphatic rings. The van der Waals surface area contributed by atoms with E-state index >= 15 is 0 Å². The highest BCUT2D eigenvalue weighted by molar-refractivity contribution is 5.94. The van der Waals surface area contributed by atoms with E-state index in [1.807, 2.05) is 30.0 Å². The van der Waals surface area contributed by atoms with E-state index < -0.39 is 0 Å². The number of rotatable bonds is 6. The lowest BCUT2D eigenvalue weighted by atomic mass is 10.1. The molecule has 0 saturated heterocycles. The zero-order valence-corrected chi connectivity index (χ0v) is 12.2. The average molecular weight is 276 g/mol. The number of nitrogens with zero attached hydrogens (tertiary/aromatic N) is 1. The SMILES string of the molecule is CCOC(CN)CCN1C(=O)CCCc2ccccc21. The summed E-state index contributed by atoms with van der Waals surface area (Å²) in [5.41, 5.74) is 8.03. The lowest BCUT2D eigenvalue weighted by Gasteiger charge is -2.25. The third-order valence-electron chi connectivity index (χ3n) is 3.76. The van der Waals surface area contributed by atoms with Crippen LogP contribution in [-0.2, 0) is 16.0 Å². The first-order valence-corrected chi connectivity index (χ1v) is 7.46. The Bertz CT molecular complexity index is 448. The fraction of sp³-hybridized carbons (Fsp3) is 0.562. The molecule has 1 unspecified atom stereocenters. The van der Waals surface area contributed by atoms with E-state index in [0.29, 0.717) is 26.1 Å². The summed E-state index contributed by atoms with van der Waals surface area (Å²) in [7, 11) is 0. The van der Waals surface area contributed by atoms with Gasteiger partial charge in [-0.15, -0.1) is 0 Å². The Kier molecular flexibility index (Phi) is 5.56. The van der Waals surface area contributed by atoms with Crippen LogP contribution in [-0.4, -0.2) is 31.7 Å². The standard InChI is InChI=1S/C16H24N2O2/c1-2-20-14(12-17)10-11-18-15-8-4-3-6-13(15)7-5-9-16(18)19/h3-4,6,8,14H,2,5,7,9-12,17H2,1H3. The maximum Gasteiger partial charge on any atom is 0.226 e. The van der Waals surface area contributed by atoms with Crippen molar-refractivity contribution in [2.24, 2.45) is 5.73 Å². The number of aryl methyl sites for hydroxylation is 1. The maximum atomic E-state index is 12.3. The molecule has 4 heteroatoms. The topological polar surface area (TPSA) is 55.6 Å². The number of hydrogen-bond acceptors (Lipinski definition) is 3. The van der Waals surface area contributed by atoms with Gasteiger partial charge in [0.05, 0.1) is 6.10 Å². The number of benzene rings is 1. The minimum atomic E-state index is 0.0308. The minimum absolute atomic E-state index is 0.0308. The van der Waals surface area contributed by atoms with Gasteiger partial charge in [0, 0.05) is 31.8 Å². The molecule has 1 atom stereocenters. The summed E-state index contributed by atoms with van der Waals surface area (Å²) in [6.07, 6.45) is 3.34. The molecule has 1 aromatic carbocycles. The number of carbonyl (C=O) groups is 1. The van der Waals surface area contributed by atoms with E-state index in [2.05, 4.69) is 6.07 Å². The highest BCUT2D eigenvalue weighted by Crippen LogP contribution is 2.27. The molecular formula is C16H24N2O2. The van der Waals surface area contributed by atoms with Gasteiger partial charge in [-0.2, -0.15) is 0 Å². The van der Waals surface area contributed by atoms with Crippen molar-refractivity contribution in [3.63, 3.8) is 0 Å². The van der Waals surface area contributed by atoms with Gasteiger partial charge in [0.2, 0.25) is 5.91 Å².